The maximum Gasteiger partial charge on any atom is 0.338 e. The molecule has 4 nitrogen and oxygen atoms in total. The van der Waals surface area contributed by atoms with Crippen molar-refractivity contribution in [2.45, 2.75) is 17.6 Å². The summed E-state index contributed by atoms with van der Waals surface area (Å²) in [4.78, 5) is 21.1. The van der Waals surface area contributed by atoms with Gasteiger partial charge in [0.25, 0.3) is 0 Å². The molecule has 0 amide bonds. The highest BCUT2D eigenvalue weighted by molar-refractivity contribution is 8.16. The molecule has 1 saturated heterocycles. The van der Waals surface area contributed by atoms with Gasteiger partial charge in [0.1, 0.15) is 11.6 Å². The fourth-order valence-corrected chi connectivity index (χ4v) is 6.33. The molecule has 0 unspecified atom stereocenters. The predicted octanol–water partition coefficient (Wildman–Crippen LogP) is 5.43. The molecule has 0 atom stereocenters. The van der Waals surface area contributed by atoms with Crippen molar-refractivity contribution < 1.29 is 9.53 Å². The van der Waals surface area contributed by atoms with E-state index in [1.54, 1.807) is 6.20 Å². The van der Waals surface area contributed by atoms with Crippen LogP contribution in [0.2, 0.25) is 0 Å². The van der Waals surface area contributed by atoms with Gasteiger partial charge in [-0.25, -0.2) is 9.78 Å². The van der Waals surface area contributed by atoms with Gasteiger partial charge in [-0.1, -0.05) is 18.2 Å². The summed E-state index contributed by atoms with van der Waals surface area (Å²) < 4.78 is 5.90. The Morgan fingerprint density at radius 2 is 1.93 bits per heavy atom. The van der Waals surface area contributed by atoms with Crippen LogP contribution >= 0.6 is 34.9 Å². The van der Waals surface area contributed by atoms with Gasteiger partial charge in [-0.15, -0.1) is 34.9 Å². The van der Waals surface area contributed by atoms with Gasteiger partial charge < -0.3 is 4.74 Å². The van der Waals surface area contributed by atoms with Gasteiger partial charge in [0.05, 0.1) is 21.5 Å². The van der Waals surface area contributed by atoms with E-state index in [0.29, 0.717) is 10.1 Å². The van der Waals surface area contributed by atoms with Crippen molar-refractivity contribution in [1.29, 1.82) is 0 Å². The first kappa shape index (κ1) is 18.5. The van der Waals surface area contributed by atoms with Crippen LogP contribution in [0, 0.1) is 0 Å². The Morgan fingerprint density at radius 1 is 1.11 bits per heavy atom. The number of pyridine rings is 1. The lowest BCUT2D eigenvalue weighted by Crippen LogP contribution is -2.06. The maximum absolute atomic E-state index is 12.3. The molecule has 1 fully saturated rings. The van der Waals surface area contributed by atoms with E-state index in [0.717, 1.165) is 16.4 Å². The number of nitrogens with zero attached hydrogens (tertiary/aromatic N) is 2. The molecular formula is C20H18N2O2S3. The molecular weight excluding hydrogens is 396 g/mol. The van der Waals surface area contributed by atoms with Gasteiger partial charge >= 0.3 is 5.97 Å². The molecule has 138 valence electrons. The third-order valence-corrected chi connectivity index (χ3v) is 7.96. The Balaban J connectivity index is 1.35. The van der Waals surface area contributed by atoms with Crippen LogP contribution in [-0.4, -0.2) is 27.4 Å². The first-order valence-electron chi connectivity index (χ1n) is 8.66. The molecule has 3 aromatic rings. The number of carbonyl (C=O) groups is 1. The highest BCUT2D eigenvalue weighted by Gasteiger charge is 2.17. The maximum atomic E-state index is 12.3. The number of rotatable bonds is 5. The molecule has 0 saturated carbocycles. The second-order valence-corrected chi connectivity index (χ2v) is 9.57. The summed E-state index contributed by atoms with van der Waals surface area (Å²) in [6, 6.07) is 13.5. The van der Waals surface area contributed by atoms with E-state index in [2.05, 4.69) is 9.97 Å². The van der Waals surface area contributed by atoms with Gasteiger partial charge in [-0.05, 0) is 47.8 Å². The van der Waals surface area contributed by atoms with E-state index >= 15 is 0 Å². The van der Waals surface area contributed by atoms with Gasteiger partial charge in [0.15, 0.2) is 0 Å². The number of ether oxygens (including phenoxy) is 1. The van der Waals surface area contributed by atoms with Gasteiger partial charge in [0, 0.05) is 11.6 Å². The summed E-state index contributed by atoms with van der Waals surface area (Å²) in [7, 11) is 0. The zero-order chi connectivity index (χ0) is 18.5. The molecule has 7 heteroatoms. The van der Waals surface area contributed by atoms with Gasteiger partial charge in [-0.3, -0.25) is 4.98 Å². The fourth-order valence-electron chi connectivity index (χ4n) is 2.66. The number of benzene rings is 1. The molecule has 0 spiro atoms. The normalized spacial score (nSPS) is 14.8. The van der Waals surface area contributed by atoms with E-state index in [-0.39, 0.29) is 12.6 Å². The molecule has 0 radical (unpaired) electrons. The SMILES string of the molecule is O=C(OCc1csc(-c2ccccn2)n1)c1ccc(C2SCCCS2)cc1. The topological polar surface area (TPSA) is 52.1 Å². The van der Waals surface area contributed by atoms with Crippen LogP contribution < -0.4 is 0 Å². The third-order valence-electron chi connectivity index (χ3n) is 4.03. The standard InChI is InChI=1S/C20H18N2O2S3/c23-19(14-5-7-15(8-6-14)20-25-10-3-11-26-20)24-12-16-13-27-18(22-16)17-4-1-2-9-21-17/h1-2,4-9,13,20H,3,10-12H2. The molecule has 1 aliphatic heterocycles. The lowest BCUT2D eigenvalue weighted by molar-refractivity contribution is 0.0468. The minimum absolute atomic E-state index is 0.165. The van der Waals surface area contributed by atoms with Crippen LogP contribution in [0.3, 0.4) is 0 Å². The van der Waals surface area contributed by atoms with E-state index in [1.807, 2.05) is 71.4 Å². The van der Waals surface area contributed by atoms with Gasteiger partial charge in [0.2, 0.25) is 0 Å². The van der Waals surface area contributed by atoms with Crippen molar-refractivity contribution in [1.82, 2.24) is 9.97 Å². The monoisotopic (exact) mass is 414 g/mol. The Morgan fingerprint density at radius 3 is 2.67 bits per heavy atom. The van der Waals surface area contributed by atoms with Crippen LogP contribution in [-0.2, 0) is 11.3 Å². The minimum atomic E-state index is -0.321. The average molecular weight is 415 g/mol. The van der Waals surface area contributed by atoms with Crippen molar-refractivity contribution in [2.24, 2.45) is 0 Å². The number of hydrogen-bond acceptors (Lipinski definition) is 7. The van der Waals surface area contributed by atoms with Crippen LogP contribution in [0.15, 0.2) is 54.0 Å². The van der Waals surface area contributed by atoms with Crippen LogP contribution in [0.4, 0.5) is 0 Å². The number of carbonyl (C=O) groups excluding carboxylic acids is 1. The molecule has 4 rings (SSSR count). The Hall–Kier alpha value is -1.83. The quantitative estimate of drug-likeness (QED) is 0.519. The number of esters is 1. The highest BCUT2D eigenvalue weighted by atomic mass is 32.2. The van der Waals surface area contributed by atoms with E-state index in [9.17, 15) is 4.79 Å². The Kier molecular flexibility index (Phi) is 6.11. The van der Waals surface area contributed by atoms with Crippen molar-refractivity contribution in [2.75, 3.05) is 11.5 Å². The Labute approximate surface area is 170 Å². The van der Waals surface area contributed by atoms with Crippen LogP contribution in [0.25, 0.3) is 10.7 Å². The van der Waals surface area contributed by atoms with Crippen LogP contribution in [0.5, 0.6) is 0 Å². The summed E-state index contributed by atoms with van der Waals surface area (Å²) in [5, 5.41) is 2.73. The number of hydrogen-bond donors (Lipinski definition) is 0. The van der Waals surface area contributed by atoms with Crippen molar-refractivity contribution >= 4 is 40.8 Å². The summed E-state index contributed by atoms with van der Waals surface area (Å²) in [6.45, 7) is 0.165. The van der Waals surface area contributed by atoms with Gasteiger partial charge in [-0.2, -0.15) is 0 Å². The van der Waals surface area contributed by atoms with E-state index in [4.69, 9.17) is 4.74 Å². The number of thiazole rings is 1. The fraction of sp³-hybridized carbons (Fsp3) is 0.250. The van der Waals surface area contributed by atoms with E-state index in [1.165, 1.54) is 34.8 Å². The molecule has 0 bridgehead atoms. The molecule has 3 heterocycles. The zero-order valence-electron chi connectivity index (χ0n) is 14.5. The smallest absolute Gasteiger partial charge is 0.338 e. The predicted molar refractivity (Wildman–Crippen MR) is 113 cm³/mol. The molecule has 27 heavy (non-hydrogen) atoms. The molecule has 0 N–H and O–H groups in total. The summed E-state index contributed by atoms with van der Waals surface area (Å²) >= 11 is 5.44. The lowest BCUT2D eigenvalue weighted by Gasteiger charge is -2.21. The lowest BCUT2D eigenvalue weighted by atomic mass is 10.1. The van der Waals surface area contributed by atoms with Crippen molar-refractivity contribution in [3.05, 3.63) is 70.9 Å². The summed E-state index contributed by atoms with van der Waals surface area (Å²) in [6.07, 6.45) is 3.01. The molecule has 1 aromatic carbocycles. The molecule has 2 aromatic heterocycles. The van der Waals surface area contributed by atoms with E-state index < -0.39 is 0 Å². The Bertz CT molecular complexity index is 891. The summed E-state index contributed by atoms with van der Waals surface area (Å²) in [5.41, 5.74) is 3.40. The average Bonchev–Trinajstić information content (AvgIpc) is 3.22. The summed E-state index contributed by atoms with van der Waals surface area (Å²) in [5.74, 6) is 2.09. The van der Waals surface area contributed by atoms with Crippen LogP contribution in [0.1, 0.15) is 32.6 Å². The number of aromatic nitrogens is 2. The van der Waals surface area contributed by atoms with Crippen molar-refractivity contribution in [3.8, 4) is 10.7 Å². The first-order valence-corrected chi connectivity index (χ1v) is 11.6. The largest absolute Gasteiger partial charge is 0.456 e. The second-order valence-electron chi connectivity index (χ2n) is 5.98. The highest BCUT2D eigenvalue weighted by Crippen LogP contribution is 2.43. The molecule has 0 aliphatic carbocycles. The minimum Gasteiger partial charge on any atom is -0.456 e. The zero-order valence-corrected chi connectivity index (χ0v) is 17.0. The third kappa shape index (κ3) is 4.72. The molecule has 1 aliphatic rings. The number of thioether (sulfide) groups is 2. The second kappa shape index (κ2) is 8.91. The van der Waals surface area contributed by atoms with Crippen molar-refractivity contribution in [3.63, 3.8) is 0 Å². The first-order chi connectivity index (χ1) is 13.3.